The highest BCUT2D eigenvalue weighted by atomic mass is 16.5. The van der Waals surface area contributed by atoms with Gasteiger partial charge < -0.3 is 20.3 Å². The number of amides is 2. The number of aliphatic hydroxyl groups excluding tert-OH is 1. The van der Waals surface area contributed by atoms with E-state index in [-0.39, 0.29) is 12.6 Å². The van der Waals surface area contributed by atoms with Crippen LogP contribution in [-0.4, -0.2) is 22.9 Å². The van der Waals surface area contributed by atoms with Gasteiger partial charge in [-0.15, -0.1) is 0 Å². The molecular formula is C15H19N3O3. The number of nitrogens with zero attached hydrogens (tertiary/aromatic N) is 1. The summed E-state index contributed by atoms with van der Waals surface area (Å²) in [7, 11) is 0. The molecular weight excluding hydrogens is 270 g/mol. The van der Waals surface area contributed by atoms with Gasteiger partial charge in [-0.2, -0.15) is 0 Å². The van der Waals surface area contributed by atoms with Crippen molar-refractivity contribution in [2.45, 2.75) is 26.4 Å². The second-order valence-corrected chi connectivity index (χ2v) is 4.78. The predicted octanol–water partition coefficient (Wildman–Crippen LogP) is 1.82. The molecule has 0 radical (unpaired) electrons. The summed E-state index contributed by atoms with van der Waals surface area (Å²) < 4.78 is 5.04. The highest BCUT2D eigenvalue weighted by Crippen LogP contribution is 2.13. The molecule has 1 aromatic heterocycles. The molecule has 0 aliphatic carbocycles. The summed E-state index contributed by atoms with van der Waals surface area (Å²) in [6.07, 6.45) is 0. The van der Waals surface area contributed by atoms with E-state index >= 15 is 0 Å². The Labute approximate surface area is 123 Å². The molecule has 2 amide bonds. The van der Waals surface area contributed by atoms with Crippen LogP contribution in [0.15, 0.2) is 34.9 Å². The molecule has 6 nitrogen and oxygen atoms in total. The Morgan fingerprint density at radius 3 is 2.62 bits per heavy atom. The quantitative estimate of drug-likeness (QED) is 0.783. The molecule has 0 saturated heterocycles. The molecule has 1 atom stereocenters. The highest BCUT2D eigenvalue weighted by Gasteiger charge is 2.14. The van der Waals surface area contributed by atoms with Gasteiger partial charge in [-0.3, -0.25) is 0 Å². The van der Waals surface area contributed by atoms with E-state index in [0.29, 0.717) is 12.3 Å². The number of carbonyl (C=O) groups is 1. The van der Waals surface area contributed by atoms with E-state index in [1.807, 2.05) is 37.3 Å². The van der Waals surface area contributed by atoms with E-state index in [9.17, 15) is 9.90 Å². The standard InChI is InChI=1S/C15H19N3O3/c1-10-13(11(2)21-18-10)8-16-15(20)17-14(9-19)12-6-4-3-5-7-12/h3-7,14,19H,8-9H2,1-2H3,(H2,16,17,20)/t14-/m0/s1. The van der Waals surface area contributed by atoms with Gasteiger partial charge in [0.15, 0.2) is 0 Å². The summed E-state index contributed by atoms with van der Waals surface area (Å²) in [4.78, 5) is 11.9. The van der Waals surface area contributed by atoms with Crippen LogP contribution in [0.1, 0.15) is 28.6 Å². The number of rotatable bonds is 5. The molecule has 0 aliphatic heterocycles. The van der Waals surface area contributed by atoms with Crippen molar-refractivity contribution >= 4 is 6.03 Å². The summed E-state index contributed by atoms with van der Waals surface area (Å²) in [5.41, 5.74) is 2.48. The fourth-order valence-corrected chi connectivity index (χ4v) is 2.05. The molecule has 0 bridgehead atoms. The molecule has 3 N–H and O–H groups in total. The summed E-state index contributed by atoms with van der Waals surface area (Å²) in [5, 5.41) is 18.7. The average molecular weight is 289 g/mol. The van der Waals surface area contributed by atoms with E-state index in [4.69, 9.17) is 4.52 Å². The average Bonchev–Trinajstić information content (AvgIpc) is 2.82. The Morgan fingerprint density at radius 1 is 1.33 bits per heavy atom. The molecule has 2 rings (SSSR count). The summed E-state index contributed by atoms with van der Waals surface area (Å²) >= 11 is 0. The monoisotopic (exact) mass is 289 g/mol. The van der Waals surface area contributed by atoms with Crippen molar-refractivity contribution in [3.8, 4) is 0 Å². The molecule has 0 fully saturated rings. The maximum Gasteiger partial charge on any atom is 0.315 e. The van der Waals surface area contributed by atoms with Gasteiger partial charge in [0.1, 0.15) is 5.76 Å². The van der Waals surface area contributed by atoms with Gasteiger partial charge in [-0.25, -0.2) is 4.79 Å². The molecule has 112 valence electrons. The molecule has 6 heteroatoms. The van der Waals surface area contributed by atoms with Gasteiger partial charge in [0.2, 0.25) is 0 Å². The first-order valence-corrected chi connectivity index (χ1v) is 6.73. The van der Waals surface area contributed by atoms with Crippen LogP contribution >= 0.6 is 0 Å². The first-order chi connectivity index (χ1) is 10.1. The van der Waals surface area contributed by atoms with E-state index in [2.05, 4.69) is 15.8 Å². The molecule has 0 spiro atoms. The van der Waals surface area contributed by atoms with Crippen LogP contribution in [0.3, 0.4) is 0 Å². The number of benzene rings is 1. The van der Waals surface area contributed by atoms with Crippen LogP contribution in [0.25, 0.3) is 0 Å². The van der Waals surface area contributed by atoms with Gasteiger partial charge in [-0.05, 0) is 19.4 Å². The van der Waals surface area contributed by atoms with Crippen LogP contribution in [-0.2, 0) is 6.54 Å². The van der Waals surface area contributed by atoms with Crippen molar-refractivity contribution < 1.29 is 14.4 Å². The lowest BCUT2D eigenvalue weighted by Crippen LogP contribution is -2.39. The topological polar surface area (TPSA) is 87.4 Å². The van der Waals surface area contributed by atoms with Crippen LogP contribution < -0.4 is 10.6 Å². The van der Waals surface area contributed by atoms with Crippen molar-refractivity contribution in [1.82, 2.24) is 15.8 Å². The second-order valence-electron chi connectivity index (χ2n) is 4.78. The van der Waals surface area contributed by atoms with Crippen LogP contribution in [0.4, 0.5) is 4.79 Å². The Kier molecular flexibility index (Phi) is 4.94. The zero-order valence-electron chi connectivity index (χ0n) is 12.1. The summed E-state index contributed by atoms with van der Waals surface area (Å²) in [5.74, 6) is 0.689. The molecule has 1 aromatic carbocycles. The first-order valence-electron chi connectivity index (χ1n) is 6.73. The van der Waals surface area contributed by atoms with E-state index < -0.39 is 6.04 Å². The van der Waals surface area contributed by atoms with E-state index in [1.165, 1.54) is 0 Å². The number of urea groups is 1. The Morgan fingerprint density at radius 2 is 2.05 bits per heavy atom. The number of aryl methyl sites for hydroxylation is 2. The van der Waals surface area contributed by atoms with Gasteiger partial charge in [0.25, 0.3) is 0 Å². The number of aliphatic hydroxyl groups is 1. The number of aromatic nitrogens is 1. The number of nitrogens with one attached hydrogen (secondary N) is 2. The predicted molar refractivity (Wildman–Crippen MR) is 77.6 cm³/mol. The fraction of sp³-hybridized carbons (Fsp3) is 0.333. The third-order valence-electron chi connectivity index (χ3n) is 3.30. The van der Waals surface area contributed by atoms with Gasteiger partial charge in [-0.1, -0.05) is 35.5 Å². The maximum atomic E-state index is 11.9. The third kappa shape index (κ3) is 3.82. The van der Waals surface area contributed by atoms with Crippen molar-refractivity contribution in [1.29, 1.82) is 0 Å². The Hall–Kier alpha value is -2.34. The molecule has 0 unspecified atom stereocenters. The summed E-state index contributed by atoms with van der Waals surface area (Å²) in [6.45, 7) is 3.80. The van der Waals surface area contributed by atoms with Crippen LogP contribution in [0, 0.1) is 13.8 Å². The van der Waals surface area contributed by atoms with Gasteiger partial charge in [0, 0.05) is 12.1 Å². The largest absolute Gasteiger partial charge is 0.394 e. The van der Waals surface area contributed by atoms with Gasteiger partial charge >= 0.3 is 6.03 Å². The number of hydrogen-bond acceptors (Lipinski definition) is 4. The molecule has 0 aliphatic rings. The van der Waals surface area contributed by atoms with Crippen molar-refractivity contribution in [3.63, 3.8) is 0 Å². The number of carbonyl (C=O) groups excluding carboxylic acids is 1. The summed E-state index contributed by atoms with van der Waals surface area (Å²) in [6, 6.07) is 8.54. The SMILES string of the molecule is Cc1noc(C)c1CNC(=O)N[C@@H](CO)c1ccccc1. The van der Waals surface area contributed by atoms with E-state index in [0.717, 1.165) is 16.8 Å². The minimum Gasteiger partial charge on any atom is -0.394 e. The second kappa shape index (κ2) is 6.90. The van der Waals surface area contributed by atoms with E-state index in [1.54, 1.807) is 6.92 Å². The zero-order valence-corrected chi connectivity index (χ0v) is 12.1. The lowest BCUT2D eigenvalue weighted by Gasteiger charge is -2.17. The van der Waals surface area contributed by atoms with Gasteiger partial charge in [0.05, 0.1) is 18.3 Å². The van der Waals surface area contributed by atoms with Crippen molar-refractivity contribution in [2.75, 3.05) is 6.61 Å². The minimum absolute atomic E-state index is 0.164. The molecule has 1 heterocycles. The Balaban J connectivity index is 1.92. The third-order valence-corrected chi connectivity index (χ3v) is 3.30. The first kappa shape index (κ1) is 15.1. The normalized spacial score (nSPS) is 12.0. The highest BCUT2D eigenvalue weighted by molar-refractivity contribution is 5.74. The molecule has 0 saturated carbocycles. The molecule has 2 aromatic rings. The lowest BCUT2D eigenvalue weighted by atomic mass is 10.1. The Bertz CT molecular complexity index is 576. The number of hydrogen-bond donors (Lipinski definition) is 3. The fourth-order valence-electron chi connectivity index (χ4n) is 2.05. The van der Waals surface area contributed by atoms with Crippen LogP contribution in [0.2, 0.25) is 0 Å². The van der Waals surface area contributed by atoms with Crippen molar-refractivity contribution in [3.05, 3.63) is 52.9 Å². The minimum atomic E-state index is -0.434. The maximum absolute atomic E-state index is 11.9. The zero-order chi connectivity index (χ0) is 15.2. The smallest absolute Gasteiger partial charge is 0.315 e. The lowest BCUT2D eigenvalue weighted by molar-refractivity contribution is 0.216. The van der Waals surface area contributed by atoms with Crippen molar-refractivity contribution in [2.24, 2.45) is 0 Å². The molecule has 21 heavy (non-hydrogen) atoms. The van der Waals surface area contributed by atoms with Crippen LogP contribution in [0.5, 0.6) is 0 Å².